The van der Waals surface area contributed by atoms with Crippen molar-refractivity contribution in [3.8, 4) is 11.5 Å². The van der Waals surface area contributed by atoms with Crippen LogP contribution in [0.25, 0.3) is 0 Å². The van der Waals surface area contributed by atoms with E-state index in [0.29, 0.717) is 44.2 Å². The molecular weight excluding hydrogens is 402 g/mol. The maximum atomic E-state index is 14.5. The molecule has 174 valence electrons. The Morgan fingerprint density at radius 2 is 1.19 bits per heavy atom. The standard InChI is InChI=1S/C25H36F2O4/c1-2-17-3-5-18(6-4-17)15-30-21-11-12-22(24(27)23(21)26)31-16-19-7-9-20(10-8-19)25-28-13-14-29-25/h11-12,17-20,25H,2-10,13-16H2,1H3. The fourth-order valence-electron chi connectivity index (χ4n) is 5.23. The summed E-state index contributed by atoms with van der Waals surface area (Å²) in [7, 11) is 0. The summed E-state index contributed by atoms with van der Waals surface area (Å²) in [5.41, 5.74) is 0. The van der Waals surface area contributed by atoms with Gasteiger partial charge in [0.15, 0.2) is 17.8 Å². The number of hydrogen-bond donors (Lipinski definition) is 0. The van der Waals surface area contributed by atoms with Gasteiger partial charge in [-0.3, -0.25) is 0 Å². The Bertz CT molecular complexity index is 691. The van der Waals surface area contributed by atoms with Crippen LogP contribution >= 0.6 is 0 Å². The first-order valence-corrected chi connectivity index (χ1v) is 12.1. The van der Waals surface area contributed by atoms with Crippen molar-refractivity contribution in [2.75, 3.05) is 26.4 Å². The molecule has 0 N–H and O–H groups in total. The van der Waals surface area contributed by atoms with Crippen LogP contribution in [-0.4, -0.2) is 32.7 Å². The average Bonchev–Trinajstić information content (AvgIpc) is 3.35. The number of ether oxygens (including phenoxy) is 4. The van der Waals surface area contributed by atoms with Crippen LogP contribution in [0, 0.1) is 35.3 Å². The lowest BCUT2D eigenvalue weighted by Crippen LogP contribution is -2.28. The van der Waals surface area contributed by atoms with E-state index >= 15 is 0 Å². The summed E-state index contributed by atoms with van der Waals surface area (Å²) >= 11 is 0. The zero-order chi connectivity index (χ0) is 21.6. The van der Waals surface area contributed by atoms with Crippen molar-refractivity contribution in [3.05, 3.63) is 23.8 Å². The van der Waals surface area contributed by atoms with Crippen LogP contribution in [-0.2, 0) is 9.47 Å². The summed E-state index contributed by atoms with van der Waals surface area (Å²) in [6.45, 7) is 4.44. The van der Waals surface area contributed by atoms with Crippen LogP contribution in [0.2, 0.25) is 0 Å². The molecule has 1 saturated heterocycles. The van der Waals surface area contributed by atoms with Crippen LogP contribution in [0.3, 0.4) is 0 Å². The van der Waals surface area contributed by atoms with Crippen LogP contribution < -0.4 is 9.47 Å². The summed E-state index contributed by atoms with van der Waals surface area (Å²) < 4.78 is 51.6. The maximum absolute atomic E-state index is 14.5. The highest BCUT2D eigenvalue weighted by Gasteiger charge is 2.31. The van der Waals surface area contributed by atoms with E-state index in [-0.39, 0.29) is 17.8 Å². The predicted molar refractivity (Wildman–Crippen MR) is 114 cm³/mol. The summed E-state index contributed by atoms with van der Waals surface area (Å²) in [5.74, 6) is 0.0679. The van der Waals surface area contributed by atoms with E-state index in [2.05, 4.69) is 6.92 Å². The summed E-state index contributed by atoms with van der Waals surface area (Å²) in [5, 5.41) is 0. The highest BCUT2D eigenvalue weighted by Crippen LogP contribution is 2.35. The Morgan fingerprint density at radius 3 is 1.68 bits per heavy atom. The predicted octanol–water partition coefficient (Wildman–Crippen LogP) is 6.12. The molecule has 3 fully saturated rings. The normalized spacial score (nSPS) is 29.8. The lowest BCUT2D eigenvalue weighted by atomic mass is 9.81. The van der Waals surface area contributed by atoms with Gasteiger partial charge < -0.3 is 18.9 Å². The van der Waals surface area contributed by atoms with Gasteiger partial charge in [-0.2, -0.15) is 8.78 Å². The van der Waals surface area contributed by atoms with Crippen molar-refractivity contribution in [2.24, 2.45) is 23.7 Å². The van der Waals surface area contributed by atoms with Crippen LogP contribution in [0.4, 0.5) is 8.78 Å². The molecular formula is C25H36F2O4. The van der Waals surface area contributed by atoms with Gasteiger partial charge in [-0.15, -0.1) is 0 Å². The van der Waals surface area contributed by atoms with E-state index in [1.165, 1.54) is 31.4 Å². The summed E-state index contributed by atoms with van der Waals surface area (Å²) in [6.07, 6.45) is 9.77. The van der Waals surface area contributed by atoms with Gasteiger partial charge in [0, 0.05) is 5.92 Å². The molecule has 1 heterocycles. The third-order valence-corrected chi connectivity index (χ3v) is 7.43. The molecule has 0 unspecified atom stereocenters. The molecule has 1 aliphatic heterocycles. The van der Waals surface area contributed by atoms with Crippen molar-refractivity contribution in [2.45, 2.75) is 71.0 Å². The average molecular weight is 439 g/mol. The molecule has 0 radical (unpaired) electrons. The molecule has 1 aromatic carbocycles. The molecule has 3 aliphatic rings. The van der Waals surface area contributed by atoms with Crippen molar-refractivity contribution < 1.29 is 27.7 Å². The maximum Gasteiger partial charge on any atom is 0.204 e. The Labute approximate surface area is 184 Å². The number of halogens is 2. The minimum absolute atomic E-state index is 0.0143. The first-order valence-electron chi connectivity index (χ1n) is 12.1. The molecule has 4 nitrogen and oxygen atoms in total. The van der Waals surface area contributed by atoms with Crippen molar-refractivity contribution in [1.29, 1.82) is 0 Å². The highest BCUT2D eigenvalue weighted by atomic mass is 19.2. The second-order valence-corrected chi connectivity index (χ2v) is 9.50. The Morgan fingerprint density at radius 1 is 0.742 bits per heavy atom. The monoisotopic (exact) mass is 438 g/mol. The summed E-state index contributed by atoms with van der Waals surface area (Å²) in [4.78, 5) is 0. The molecule has 31 heavy (non-hydrogen) atoms. The molecule has 0 amide bonds. The van der Waals surface area contributed by atoms with Gasteiger partial charge >= 0.3 is 0 Å². The lowest BCUT2D eigenvalue weighted by molar-refractivity contribution is -0.0960. The second kappa shape index (κ2) is 11.0. The topological polar surface area (TPSA) is 36.9 Å². The van der Waals surface area contributed by atoms with Crippen LogP contribution in [0.5, 0.6) is 11.5 Å². The minimum Gasteiger partial charge on any atom is -0.490 e. The summed E-state index contributed by atoms with van der Waals surface area (Å²) in [6, 6.07) is 2.99. The second-order valence-electron chi connectivity index (χ2n) is 9.50. The molecule has 0 spiro atoms. The fourth-order valence-corrected chi connectivity index (χ4v) is 5.23. The third-order valence-electron chi connectivity index (χ3n) is 7.43. The van der Waals surface area contributed by atoms with Crippen molar-refractivity contribution >= 4 is 0 Å². The zero-order valence-electron chi connectivity index (χ0n) is 18.6. The largest absolute Gasteiger partial charge is 0.490 e. The van der Waals surface area contributed by atoms with E-state index in [1.807, 2.05) is 0 Å². The van der Waals surface area contributed by atoms with E-state index in [4.69, 9.17) is 18.9 Å². The van der Waals surface area contributed by atoms with Gasteiger partial charge in [-0.25, -0.2) is 0 Å². The molecule has 2 saturated carbocycles. The quantitative estimate of drug-likeness (QED) is 0.490. The van der Waals surface area contributed by atoms with Gasteiger partial charge in [0.05, 0.1) is 26.4 Å². The van der Waals surface area contributed by atoms with E-state index < -0.39 is 11.6 Å². The Hall–Kier alpha value is -1.40. The van der Waals surface area contributed by atoms with Gasteiger partial charge in [-0.05, 0) is 68.4 Å². The molecule has 6 heteroatoms. The number of rotatable bonds is 8. The van der Waals surface area contributed by atoms with E-state index in [0.717, 1.165) is 44.4 Å². The van der Waals surface area contributed by atoms with Crippen molar-refractivity contribution in [3.63, 3.8) is 0 Å². The zero-order valence-corrected chi connectivity index (χ0v) is 18.6. The van der Waals surface area contributed by atoms with Gasteiger partial charge in [0.1, 0.15) is 0 Å². The third kappa shape index (κ3) is 5.89. The molecule has 2 aliphatic carbocycles. The number of benzene rings is 1. The van der Waals surface area contributed by atoms with E-state index in [1.54, 1.807) is 0 Å². The number of hydrogen-bond acceptors (Lipinski definition) is 4. The first kappa shape index (κ1) is 22.8. The lowest BCUT2D eigenvalue weighted by Gasteiger charge is -2.30. The smallest absolute Gasteiger partial charge is 0.204 e. The Kier molecular flexibility index (Phi) is 8.05. The van der Waals surface area contributed by atoms with Gasteiger partial charge in [0.25, 0.3) is 0 Å². The van der Waals surface area contributed by atoms with Crippen LogP contribution in [0.15, 0.2) is 12.1 Å². The molecule has 1 aromatic rings. The Balaban J connectivity index is 1.22. The highest BCUT2D eigenvalue weighted by molar-refractivity contribution is 5.35. The molecule has 4 rings (SSSR count). The molecule has 0 bridgehead atoms. The van der Waals surface area contributed by atoms with Crippen LogP contribution in [0.1, 0.15) is 64.7 Å². The SMILES string of the molecule is CCC1CCC(COc2ccc(OCC3CCC(C4OCCO4)CC3)c(F)c2F)CC1. The van der Waals surface area contributed by atoms with Crippen molar-refractivity contribution in [1.82, 2.24) is 0 Å². The molecule has 0 atom stereocenters. The first-order chi connectivity index (χ1) is 15.1. The fraction of sp³-hybridized carbons (Fsp3) is 0.760. The minimum atomic E-state index is -0.950. The molecule has 0 aromatic heterocycles. The van der Waals surface area contributed by atoms with E-state index in [9.17, 15) is 8.78 Å². The van der Waals surface area contributed by atoms with Gasteiger partial charge in [-0.1, -0.05) is 26.2 Å². The van der Waals surface area contributed by atoms with Gasteiger partial charge in [0.2, 0.25) is 11.6 Å².